The molecular formula is C19H19ClN2O2. The molecule has 2 aromatic carbocycles. The Hall–Kier alpha value is -2.33. The minimum absolute atomic E-state index is 0.0366. The molecule has 0 radical (unpaired) electrons. The maximum Gasteiger partial charge on any atom is 0.245 e. The summed E-state index contributed by atoms with van der Waals surface area (Å²) in [6, 6.07) is 16.6. The van der Waals surface area contributed by atoms with Gasteiger partial charge in [0.2, 0.25) is 11.8 Å². The van der Waals surface area contributed by atoms with Gasteiger partial charge in [-0.15, -0.1) is 0 Å². The maximum absolute atomic E-state index is 12.7. The Morgan fingerprint density at radius 1 is 1.00 bits per heavy atom. The van der Waals surface area contributed by atoms with Crippen LogP contribution in [-0.2, 0) is 22.7 Å². The van der Waals surface area contributed by atoms with E-state index >= 15 is 0 Å². The lowest BCUT2D eigenvalue weighted by Crippen LogP contribution is -2.58. The summed E-state index contributed by atoms with van der Waals surface area (Å²) < 4.78 is 0. The van der Waals surface area contributed by atoms with Crippen molar-refractivity contribution in [3.05, 3.63) is 70.7 Å². The van der Waals surface area contributed by atoms with E-state index in [1.54, 1.807) is 22.8 Å². The second-order valence-corrected chi connectivity index (χ2v) is 6.38. The molecule has 0 aliphatic carbocycles. The average molecular weight is 343 g/mol. The number of halogens is 1. The normalized spacial score (nSPS) is 18.2. The van der Waals surface area contributed by atoms with Crippen LogP contribution in [0.3, 0.4) is 0 Å². The van der Waals surface area contributed by atoms with Crippen molar-refractivity contribution in [2.75, 3.05) is 6.54 Å². The summed E-state index contributed by atoms with van der Waals surface area (Å²) in [6.07, 6.45) is 0. The predicted molar refractivity (Wildman–Crippen MR) is 93.3 cm³/mol. The zero-order valence-corrected chi connectivity index (χ0v) is 14.2. The van der Waals surface area contributed by atoms with Crippen molar-refractivity contribution < 1.29 is 9.59 Å². The van der Waals surface area contributed by atoms with E-state index in [0.29, 0.717) is 18.1 Å². The highest BCUT2D eigenvalue weighted by Gasteiger charge is 2.36. The fourth-order valence-electron chi connectivity index (χ4n) is 2.92. The fraction of sp³-hybridized carbons (Fsp3) is 0.263. The van der Waals surface area contributed by atoms with Gasteiger partial charge in [-0.2, -0.15) is 0 Å². The zero-order chi connectivity index (χ0) is 17.1. The van der Waals surface area contributed by atoms with Gasteiger partial charge in [-0.25, -0.2) is 0 Å². The molecule has 5 heteroatoms. The molecule has 1 saturated heterocycles. The van der Waals surface area contributed by atoms with Gasteiger partial charge in [0.25, 0.3) is 0 Å². The van der Waals surface area contributed by atoms with Gasteiger partial charge in [0, 0.05) is 18.1 Å². The molecule has 1 aliphatic rings. The molecule has 0 saturated carbocycles. The van der Waals surface area contributed by atoms with E-state index < -0.39 is 6.04 Å². The zero-order valence-electron chi connectivity index (χ0n) is 13.5. The summed E-state index contributed by atoms with van der Waals surface area (Å²) in [7, 11) is 0. The number of hydrogen-bond acceptors (Lipinski definition) is 2. The first kappa shape index (κ1) is 16.5. The number of rotatable bonds is 4. The predicted octanol–water partition coefficient (Wildman–Crippen LogP) is 3.10. The summed E-state index contributed by atoms with van der Waals surface area (Å²) in [5.74, 6) is -0.0940. The van der Waals surface area contributed by atoms with Gasteiger partial charge >= 0.3 is 0 Å². The van der Waals surface area contributed by atoms with Gasteiger partial charge in [-0.1, -0.05) is 60.1 Å². The van der Waals surface area contributed by atoms with Gasteiger partial charge in [0.15, 0.2) is 0 Å². The van der Waals surface area contributed by atoms with Crippen LogP contribution in [0.2, 0.25) is 5.02 Å². The first-order chi connectivity index (χ1) is 11.6. The highest BCUT2D eigenvalue weighted by atomic mass is 35.5. The van der Waals surface area contributed by atoms with Crippen LogP contribution < -0.4 is 0 Å². The molecule has 0 bridgehead atoms. The van der Waals surface area contributed by atoms with Crippen molar-refractivity contribution in [3.63, 3.8) is 0 Å². The molecule has 3 rings (SSSR count). The molecule has 1 aliphatic heterocycles. The van der Waals surface area contributed by atoms with E-state index in [-0.39, 0.29) is 18.4 Å². The molecule has 2 aromatic rings. The van der Waals surface area contributed by atoms with Crippen LogP contribution in [0, 0.1) is 0 Å². The van der Waals surface area contributed by atoms with Crippen molar-refractivity contribution in [1.29, 1.82) is 0 Å². The lowest BCUT2D eigenvalue weighted by atomic mass is 10.1. The van der Waals surface area contributed by atoms with Gasteiger partial charge in [-0.3, -0.25) is 9.59 Å². The number of carbonyl (C=O) groups is 2. The Bertz CT molecular complexity index is 748. The van der Waals surface area contributed by atoms with Gasteiger partial charge in [0.05, 0.1) is 0 Å². The second kappa shape index (κ2) is 7.05. The summed E-state index contributed by atoms with van der Waals surface area (Å²) in [6.45, 7) is 2.68. The standard InChI is InChI=1S/C19H19ClN2O2/c1-14-19(24)21(11-15-7-3-2-4-8-15)13-18(23)22(14)12-16-9-5-6-10-17(16)20/h2-10,14H,11-13H2,1H3/t14-/m0/s1. The molecule has 0 aromatic heterocycles. The third kappa shape index (κ3) is 3.44. The smallest absolute Gasteiger partial charge is 0.245 e. The number of piperazine rings is 1. The molecule has 0 spiro atoms. The lowest BCUT2D eigenvalue weighted by Gasteiger charge is -2.39. The van der Waals surface area contributed by atoms with Crippen molar-refractivity contribution in [1.82, 2.24) is 9.80 Å². The average Bonchev–Trinajstić information content (AvgIpc) is 2.59. The SMILES string of the molecule is C[C@H]1C(=O)N(Cc2ccccc2)CC(=O)N1Cc1ccccc1Cl. The van der Waals surface area contributed by atoms with E-state index in [2.05, 4.69) is 0 Å². The van der Waals surface area contributed by atoms with Gasteiger partial charge in [0.1, 0.15) is 12.6 Å². The van der Waals surface area contributed by atoms with E-state index in [1.807, 2.05) is 48.5 Å². The monoisotopic (exact) mass is 342 g/mol. The number of carbonyl (C=O) groups excluding carboxylic acids is 2. The van der Waals surface area contributed by atoms with Crippen LogP contribution in [0.1, 0.15) is 18.1 Å². The summed E-state index contributed by atoms with van der Waals surface area (Å²) >= 11 is 6.18. The van der Waals surface area contributed by atoms with E-state index in [9.17, 15) is 9.59 Å². The Morgan fingerprint density at radius 3 is 2.38 bits per heavy atom. The molecule has 124 valence electrons. The van der Waals surface area contributed by atoms with Crippen LogP contribution in [0.4, 0.5) is 0 Å². The van der Waals surface area contributed by atoms with E-state index in [0.717, 1.165) is 11.1 Å². The van der Waals surface area contributed by atoms with Crippen LogP contribution >= 0.6 is 11.6 Å². The highest BCUT2D eigenvalue weighted by Crippen LogP contribution is 2.22. The molecule has 1 fully saturated rings. The Kier molecular flexibility index (Phi) is 4.86. The summed E-state index contributed by atoms with van der Waals surface area (Å²) in [5, 5.41) is 0.608. The van der Waals surface area contributed by atoms with Crippen LogP contribution in [-0.4, -0.2) is 34.2 Å². The van der Waals surface area contributed by atoms with E-state index in [4.69, 9.17) is 11.6 Å². The number of amides is 2. The third-order valence-electron chi connectivity index (χ3n) is 4.30. The lowest BCUT2D eigenvalue weighted by molar-refractivity contribution is -0.156. The highest BCUT2D eigenvalue weighted by molar-refractivity contribution is 6.31. The van der Waals surface area contributed by atoms with Crippen LogP contribution in [0.15, 0.2) is 54.6 Å². The Balaban J connectivity index is 1.74. The van der Waals surface area contributed by atoms with Crippen molar-refractivity contribution in [2.45, 2.75) is 26.1 Å². The van der Waals surface area contributed by atoms with Crippen molar-refractivity contribution >= 4 is 23.4 Å². The van der Waals surface area contributed by atoms with Crippen molar-refractivity contribution in [3.8, 4) is 0 Å². The molecule has 1 heterocycles. The van der Waals surface area contributed by atoms with Crippen molar-refractivity contribution in [2.24, 2.45) is 0 Å². The first-order valence-corrected chi connectivity index (χ1v) is 8.29. The maximum atomic E-state index is 12.7. The molecule has 24 heavy (non-hydrogen) atoms. The molecule has 4 nitrogen and oxygen atoms in total. The third-order valence-corrected chi connectivity index (χ3v) is 4.67. The van der Waals surface area contributed by atoms with E-state index in [1.165, 1.54) is 0 Å². The van der Waals surface area contributed by atoms with Gasteiger partial charge in [-0.05, 0) is 24.1 Å². The number of benzene rings is 2. The van der Waals surface area contributed by atoms with Crippen LogP contribution in [0.25, 0.3) is 0 Å². The molecule has 2 amide bonds. The molecular weight excluding hydrogens is 324 g/mol. The Labute approximate surface area is 146 Å². The fourth-order valence-corrected chi connectivity index (χ4v) is 3.11. The molecule has 1 atom stereocenters. The molecule has 0 N–H and O–H groups in total. The largest absolute Gasteiger partial charge is 0.327 e. The van der Waals surface area contributed by atoms with Gasteiger partial charge < -0.3 is 9.80 Å². The Morgan fingerprint density at radius 2 is 1.67 bits per heavy atom. The topological polar surface area (TPSA) is 40.6 Å². The minimum Gasteiger partial charge on any atom is -0.327 e. The summed E-state index contributed by atoms with van der Waals surface area (Å²) in [4.78, 5) is 28.4. The number of nitrogens with zero attached hydrogens (tertiary/aromatic N) is 2. The minimum atomic E-state index is -0.494. The first-order valence-electron chi connectivity index (χ1n) is 7.92. The molecule has 0 unspecified atom stereocenters. The number of hydrogen-bond donors (Lipinski definition) is 0. The van der Waals surface area contributed by atoms with Crippen LogP contribution in [0.5, 0.6) is 0 Å². The summed E-state index contributed by atoms with van der Waals surface area (Å²) in [5.41, 5.74) is 1.87. The second-order valence-electron chi connectivity index (χ2n) is 5.97. The quantitative estimate of drug-likeness (QED) is 0.856.